The fraction of sp³-hybridized carbons (Fsp3) is 0.556. The van der Waals surface area contributed by atoms with Gasteiger partial charge in [0.1, 0.15) is 19.1 Å². The van der Waals surface area contributed by atoms with E-state index in [1.165, 1.54) is 0 Å². The van der Waals surface area contributed by atoms with Gasteiger partial charge in [0.25, 0.3) is 0 Å². The van der Waals surface area contributed by atoms with Crippen molar-refractivity contribution in [2.75, 3.05) is 19.7 Å². The molecule has 4 amide bonds. The molecule has 0 heterocycles. The molecule has 0 aromatic rings. The van der Waals surface area contributed by atoms with Crippen LogP contribution in [-0.4, -0.2) is 64.7 Å². The lowest BCUT2D eigenvalue weighted by Crippen LogP contribution is -2.52. The van der Waals surface area contributed by atoms with E-state index in [0.29, 0.717) is 4.90 Å². The second-order valence-electron chi connectivity index (χ2n) is 3.64. The molecule has 0 aliphatic carbocycles. The molecule has 1 atom stereocenters. The van der Waals surface area contributed by atoms with Gasteiger partial charge in [0.2, 0.25) is 11.8 Å². The number of carboxylic acids is 1. The van der Waals surface area contributed by atoms with E-state index in [9.17, 15) is 19.2 Å². The minimum Gasteiger partial charge on any atom is -0.480 e. The van der Waals surface area contributed by atoms with Crippen LogP contribution in [-0.2, 0) is 14.4 Å². The number of primary amides is 2. The molecule has 10 nitrogen and oxygen atoms in total. The smallest absolute Gasteiger partial charge is 0.326 e. The van der Waals surface area contributed by atoms with Crippen LogP contribution in [0, 0.1) is 0 Å². The zero-order valence-corrected chi connectivity index (χ0v) is 10.0. The Bertz CT molecular complexity index is 356. The topological polar surface area (TPSA) is 176 Å². The minimum absolute atomic E-state index is 0.220. The van der Waals surface area contributed by atoms with Crippen LogP contribution in [0.15, 0.2) is 0 Å². The van der Waals surface area contributed by atoms with Crippen LogP contribution in [0.25, 0.3) is 0 Å². The average molecular weight is 276 g/mol. The molecule has 0 saturated carbocycles. The van der Waals surface area contributed by atoms with E-state index in [1.54, 1.807) is 0 Å². The van der Waals surface area contributed by atoms with Crippen molar-refractivity contribution in [3.63, 3.8) is 0 Å². The van der Waals surface area contributed by atoms with Crippen molar-refractivity contribution in [2.24, 2.45) is 11.5 Å². The molecule has 0 rings (SSSR count). The molecule has 0 unspecified atom stereocenters. The summed E-state index contributed by atoms with van der Waals surface area (Å²) in [4.78, 5) is 44.6. The van der Waals surface area contributed by atoms with Gasteiger partial charge in [-0.1, -0.05) is 0 Å². The van der Waals surface area contributed by atoms with E-state index < -0.39 is 49.6 Å². The Balaban J connectivity index is 4.72. The number of nitrogens with zero attached hydrogens (tertiary/aromatic N) is 1. The van der Waals surface area contributed by atoms with E-state index in [0.717, 1.165) is 0 Å². The Morgan fingerprint density at radius 3 is 1.89 bits per heavy atom. The lowest BCUT2D eigenvalue weighted by molar-refractivity contribution is -0.139. The van der Waals surface area contributed by atoms with Gasteiger partial charge in [-0.2, -0.15) is 0 Å². The minimum atomic E-state index is -1.36. The first-order chi connectivity index (χ1) is 8.77. The Kier molecular flexibility index (Phi) is 6.89. The molecule has 0 radical (unpaired) electrons. The molecular formula is C9H16N4O6. The summed E-state index contributed by atoms with van der Waals surface area (Å²) < 4.78 is 0. The van der Waals surface area contributed by atoms with Crippen LogP contribution in [0.4, 0.5) is 4.79 Å². The Morgan fingerprint density at radius 2 is 1.58 bits per heavy atom. The van der Waals surface area contributed by atoms with Crippen molar-refractivity contribution in [2.45, 2.75) is 12.5 Å². The Labute approximate surface area is 108 Å². The van der Waals surface area contributed by atoms with Gasteiger partial charge in [-0.05, 0) is 0 Å². The molecule has 19 heavy (non-hydrogen) atoms. The molecule has 0 saturated heterocycles. The third-order valence-electron chi connectivity index (χ3n) is 1.99. The van der Waals surface area contributed by atoms with Crippen molar-refractivity contribution in [3.05, 3.63) is 0 Å². The fourth-order valence-corrected chi connectivity index (χ4v) is 1.20. The second-order valence-corrected chi connectivity index (χ2v) is 3.64. The number of hydrogen-bond acceptors (Lipinski definition) is 5. The molecule has 0 bridgehead atoms. The molecule has 0 aliphatic heterocycles. The number of aliphatic carboxylic acids is 1. The predicted molar refractivity (Wildman–Crippen MR) is 61.6 cm³/mol. The summed E-state index contributed by atoms with van der Waals surface area (Å²) in [6.45, 7) is -1.62. The summed E-state index contributed by atoms with van der Waals surface area (Å²) in [7, 11) is 0. The van der Waals surface area contributed by atoms with E-state index in [1.807, 2.05) is 5.32 Å². The molecular weight excluding hydrogens is 260 g/mol. The zero-order chi connectivity index (χ0) is 15.0. The van der Waals surface area contributed by atoms with Gasteiger partial charge in [0.15, 0.2) is 0 Å². The number of rotatable bonds is 8. The molecule has 0 fully saturated rings. The standard InChI is InChI=1S/C9H16N4O6/c10-6(15)3-13(4-7(11)16)9(19)12-5(1-2-14)8(17)18/h5,14H,1-4H2,(H2,10,15)(H2,11,16)(H,12,19)(H,17,18)/t5-/m0/s1. The van der Waals surface area contributed by atoms with Gasteiger partial charge in [-0.25, -0.2) is 9.59 Å². The number of carbonyl (C=O) groups excluding carboxylic acids is 3. The van der Waals surface area contributed by atoms with E-state index in [-0.39, 0.29) is 6.42 Å². The number of urea groups is 1. The van der Waals surface area contributed by atoms with E-state index >= 15 is 0 Å². The number of aliphatic hydroxyl groups excluding tert-OH is 1. The first-order valence-corrected chi connectivity index (χ1v) is 5.23. The highest BCUT2D eigenvalue weighted by Crippen LogP contribution is 1.96. The molecule has 108 valence electrons. The number of amides is 4. The summed E-state index contributed by atoms with van der Waals surface area (Å²) >= 11 is 0. The molecule has 0 aliphatic rings. The maximum atomic E-state index is 11.7. The molecule has 7 N–H and O–H groups in total. The van der Waals surface area contributed by atoms with Crippen LogP contribution < -0.4 is 16.8 Å². The number of hydrogen-bond donors (Lipinski definition) is 5. The van der Waals surface area contributed by atoms with Gasteiger partial charge >= 0.3 is 12.0 Å². The third-order valence-corrected chi connectivity index (χ3v) is 1.99. The number of nitrogens with one attached hydrogen (secondary N) is 1. The number of carbonyl (C=O) groups is 4. The lowest BCUT2D eigenvalue weighted by Gasteiger charge is -2.22. The maximum Gasteiger partial charge on any atom is 0.326 e. The summed E-state index contributed by atoms with van der Waals surface area (Å²) in [6, 6.07) is -2.33. The summed E-state index contributed by atoms with van der Waals surface area (Å²) in [5.74, 6) is -3.13. The average Bonchev–Trinajstić information content (AvgIpc) is 2.25. The van der Waals surface area contributed by atoms with Crippen LogP contribution in [0.3, 0.4) is 0 Å². The van der Waals surface area contributed by atoms with Gasteiger partial charge in [0, 0.05) is 13.0 Å². The van der Waals surface area contributed by atoms with E-state index in [4.69, 9.17) is 21.7 Å². The Morgan fingerprint density at radius 1 is 1.11 bits per heavy atom. The van der Waals surface area contributed by atoms with Crippen molar-refractivity contribution >= 4 is 23.8 Å². The Hall–Kier alpha value is -2.36. The summed E-state index contributed by atoms with van der Waals surface area (Å²) in [6.07, 6.45) is -0.220. The van der Waals surface area contributed by atoms with Crippen LogP contribution in [0.5, 0.6) is 0 Å². The highest BCUT2D eigenvalue weighted by atomic mass is 16.4. The summed E-state index contributed by atoms with van der Waals surface area (Å²) in [5, 5.41) is 19.5. The third kappa shape index (κ3) is 6.83. The predicted octanol–water partition coefficient (Wildman–Crippen LogP) is -3.20. The second kappa shape index (κ2) is 7.87. The van der Waals surface area contributed by atoms with Crippen molar-refractivity contribution in [1.82, 2.24) is 10.2 Å². The normalized spacial score (nSPS) is 11.4. The number of carboxylic acid groups (broad SMARTS) is 1. The maximum absolute atomic E-state index is 11.7. The van der Waals surface area contributed by atoms with Crippen molar-refractivity contribution < 1.29 is 29.4 Å². The first-order valence-electron chi connectivity index (χ1n) is 5.23. The lowest BCUT2D eigenvalue weighted by atomic mass is 10.2. The van der Waals surface area contributed by atoms with Gasteiger partial charge in [-0.15, -0.1) is 0 Å². The van der Waals surface area contributed by atoms with Crippen LogP contribution >= 0.6 is 0 Å². The molecule has 0 spiro atoms. The highest BCUT2D eigenvalue weighted by Gasteiger charge is 2.24. The van der Waals surface area contributed by atoms with Crippen LogP contribution in [0.1, 0.15) is 6.42 Å². The van der Waals surface area contributed by atoms with Crippen molar-refractivity contribution in [1.29, 1.82) is 0 Å². The molecule has 0 aromatic heterocycles. The van der Waals surface area contributed by atoms with Gasteiger partial charge < -0.3 is 31.9 Å². The zero-order valence-electron chi connectivity index (χ0n) is 10.0. The van der Waals surface area contributed by atoms with Crippen molar-refractivity contribution in [3.8, 4) is 0 Å². The van der Waals surface area contributed by atoms with E-state index in [2.05, 4.69) is 0 Å². The summed E-state index contributed by atoms with van der Waals surface area (Å²) in [5.41, 5.74) is 9.77. The quantitative estimate of drug-likeness (QED) is 0.312. The first kappa shape index (κ1) is 16.6. The highest BCUT2D eigenvalue weighted by molar-refractivity contribution is 5.89. The van der Waals surface area contributed by atoms with Gasteiger partial charge in [-0.3, -0.25) is 9.59 Å². The molecule has 0 aromatic carbocycles. The molecule has 10 heteroatoms. The van der Waals surface area contributed by atoms with Crippen LogP contribution in [0.2, 0.25) is 0 Å². The van der Waals surface area contributed by atoms with Gasteiger partial charge in [0.05, 0.1) is 0 Å². The fourth-order valence-electron chi connectivity index (χ4n) is 1.20. The largest absolute Gasteiger partial charge is 0.480 e. The number of aliphatic hydroxyl groups is 1. The SMILES string of the molecule is NC(=O)CN(CC(N)=O)C(=O)N[C@@H](CCO)C(=O)O. The number of nitrogens with two attached hydrogens (primary N) is 2. The monoisotopic (exact) mass is 276 g/mol.